The number of halogens is 1. The van der Waals surface area contributed by atoms with E-state index in [1.807, 2.05) is 23.6 Å². The Hall–Kier alpha value is -2.32. The number of aryl methyl sites for hydroxylation is 1. The molecule has 0 aliphatic carbocycles. The van der Waals surface area contributed by atoms with Crippen molar-refractivity contribution in [1.82, 2.24) is 24.9 Å². The smallest absolute Gasteiger partial charge is 0.239 e. The highest BCUT2D eigenvalue weighted by Crippen LogP contribution is 2.33. The van der Waals surface area contributed by atoms with Gasteiger partial charge in [-0.3, -0.25) is 4.57 Å². The van der Waals surface area contributed by atoms with E-state index in [2.05, 4.69) is 26.9 Å². The molecule has 2 aromatic heterocycles. The Balaban J connectivity index is 1.72. The van der Waals surface area contributed by atoms with E-state index in [0.29, 0.717) is 34.9 Å². The lowest BCUT2D eigenvalue weighted by molar-refractivity contribution is 0.289. The summed E-state index contributed by atoms with van der Waals surface area (Å²) < 4.78 is 13.0. The molecule has 0 saturated carbocycles. The lowest BCUT2D eigenvalue weighted by Crippen LogP contribution is -2.08. The number of aromatic nitrogens is 5. The van der Waals surface area contributed by atoms with E-state index in [4.69, 9.17) is 20.9 Å². The second kappa shape index (κ2) is 8.37. The van der Waals surface area contributed by atoms with Gasteiger partial charge in [0, 0.05) is 11.6 Å². The lowest BCUT2D eigenvalue weighted by Gasteiger charge is -2.10. The quantitative estimate of drug-likeness (QED) is 0.419. The lowest BCUT2D eigenvalue weighted by atomic mass is 10.3. The first kappa shape index (κ1) is 18.5. The second-order valence-corrected chi connectivity index (χ2v) is 7.22. The number of hydrogen-bond acceptors (Lipinski definition) is 7. The molecular weight excluding hydrogens is 374 g/mol. The van der Waals surface area contributed by atoms with E-state index < -0.39 is 0 Å². The van der Waals surface area contributed by atoms with Gasteiger partial charge in [0.05, 0.1) is 5.25 Å². The van der Waals surface area contributed by atoms with Crippen molar-refractivity contribution in [3.63, 3.8) is 0 Å². The molecule has 0 fully saturated rings. The van der Waals surface area contributed by atoms with Crippen LogP contribution in [-0.2, 0) is 13.2 Å². The zero-order valence-electron chi connectivity index (χ0n) is 14.4. The Morgan fingerprint density at radius 2 is 2.12 bits per heavy atom. The second-order valence-electron chi connectivity index (χ2n) is 5.48. The van der Waals surface area contributed by atoms with Gasteiger partial charge in [0.25, 0.3) is 0 Å². The van der Waals surface area contributed by atoms with Crippen LogP contribution in [0.4, 0.5) is 0 Å². The minimum atomic E-state index is -0.0472. The molecule has 0 spiro atoms. The fourth-order valence-corrected chi connectivity index (χ4v) is 3.22. The van der Waals surface area contributed by atoms with Gasteiger partial charge in [-0.05, 0) is 38.1 Å². The fourth-order valence-electron chi connectivity index (χ4n) is 2.19. The number of nitrogens with zero attached hydrogens (tertiary/aromatic N) is 5. The zero-order chi connectivity index (χ0) is 18.5. The maximum Gasteiger partial charge on any atom is 0.239 e. The first-order valence-electron chi connectivity index (χ1n) is 7.95. The Labute approximate surface area is 160 Å². The van der Waals surface area contributed by atoms with Gasteiger partial charge in [0.2, 0.25) is 5.89 Å². The molecule has 3 rings (SSSR count). The predicted octanol–water partition coefficient (Wildman–Crippen LogP) is 4.24. The monoisotopic (exact) mass is 391 g/mol. The highest BCUT2D eigenvalue weighted by atomic mass is 35.5. The molecule has 1 aromatic carbocycles. The van der Waals surface area contributed by atoms with Gasteiger partial charge in [0.1, 0.15) is 12.4 Å². The van der Waals surface area contributed by atoms with Crippen molar-refractivity contribution >= 4 is 23.4 Å². The molecule has 1 unspecified atom stereocenters. The van der Waals surface area contributed by atoms with Crippen LogP contribution in [0.15, 0.2) is 46.6 Å². The molecular formula is C17H18ClN5O2S. The molecule has 1 atom stereocenters. The first-order chi connectivity index (χ1) is 12.6. The van der Waals surface area contributed by atoms with E-state index in [0.717, 1.165) is 5.16 Å². The molecule has 136 valence electrons. The third-order valence-corrected chi connectivity index (χ3v) is 4.78. The van der Waals surface area contributed by atoms with Gasteiger partial charge in [0.15, 0.2) is 16.8 Å². The summed E-state index contributed by atoms with van der Waals surface area (Å²) in [5, 5.41) is 13.7. The minimum absolute atomic E-state index is 0.0472. The standard InChI is InChI=1S/C17H18ClN5O2S/c1-4-9-23-15(10-24-14-7-5-13(18)6-8-14)20-21-17(23)26-11(2)16-19-12(3)22-25-16/h4-8,11H,1,9-10H2,2-3H3. The van der Waals surface area contributed by atoms with E-state index in [9.17, 15) is 0 Å². The van der Waals surface area contributed by atoms with Crippen LogP contribution < -0.4 is 4.74 Å². The van der Waals surface area contributed by atoms with Gasteiger partial charge in [-0.2, -0.15) is 4.98 Å². The molecule has 0 aliphatic heterocycles. The van der Waals surface area contributed by atoms with Crippen LogP contribution in [0.1, 0.15) is 29.7 Å². The summed E-state index contributed by atoms with van der Waals surface area (Å²) in [7, 11) is 0. The fraction of sp³-hybridized carbons (Fsp3) is 0.294. The highest BCUT2D eigenvalue weighted by molar-refractivity contribution is 7.99. The number of allylic oxidation sites excluding steroid dienone is 1. The van der Waals surface area contributed by atoms with Crippen molar-refractivity contribution in [3.05, 3.63) is 59.5 Å². The molecule has 0 N–H and O–H groups in total. The summed E-state index contributed by atoms with van der Waals surface area (Å²) >= 11 is 7.38. The van der Waals surface area contributed by atoms with Crippen LogP contribution in [0.2, 0.25) is 5.02 Å². The van der Waals surface area contributed by atoms with Crippen LogP contribution in [0.25, 0.3) is 0 Å². The van der Waals surface area contributed by atoms with Gasteiger partial charge in [-0.15, -0.1) is 16.8 Å². The summed E-state index contributed by atoms with van der Waals surface area (Å²) in [5.41, 5.74) is 0. The van der Waals surface area contributed by atoms with E-state index in [-0.39, 0.29) is 11.9 Å². The number of benzene rings is 1. The topological polar surface area (TPSA) is 78.9 Å². The average Bonchev–Trinajstić information content (AvgIpc) is 3.22. The van der Waals surface area contributed by atoms with E-state index in [1.165, 1.54) is 11.8 Å². The molecule has 3 aromatic rings. The van der Waals surface area contributed by atoms with Crippen LogP contribution in [0.3, 0.4) is 0 Å². The molecule has 0 saturated heterocycles. The summed E-state index contributed by atoms with van der Waals surface area (Å²) in [5.74, 6) is 2.58. The first-order valence-corrected chi connectivity index (χ1v) is 9.20. The number of hydrogen-bond donors (Lipinski definition) is 0. The van der Waals surface area contributed by atoms with Crippen molar-refractivity contribution < 1.29 is 9.26 Å². The van der Waals surface area contributed by atoms with E-state index >= 15 is 0 Å². The van der Waals surface area contributed by atoms with Crippen LogP contribution in [-0.4, -0.2) is 24.9 Å². The van der Waals surface area contributed by atoms with Gasteiger partial charge < -0.3 is 9.26 Å². The minimum Gasteiger partial charge on any atom is -0.486 e. The summed E-state index contributed by atoms with van der Waals surface area (Å²) in [6.07, 6.45) is 1.79. The molecule has 0 bridgehead atoms. The summed E-state index contributed by atoms with van der Waals surface area (Å²) in [4.78, 5) is 4.26. The van der Waals surface area contributed by atoms with Crippen molar-refractivity contribution in [2.75, 3.05) is 0 Å². The Morgan fingerprint density at radius 3 is 2.77 bits per heavy atom. The van der Waals surface area contributed by atoms with Crippen LogP contribution in [0, 0.1) is 6.92 Å². The summed E-state index contributed by atoms with van der Waals surface area (Å²) in [6.45, 7) is 8.44. The molecule has 2 heterocycles. The third-order valence-electron chi connectivity index (χ3n) is 3.46. The van der Waals surface area contributed by atoms with Crippen molar-refractivity contribution in [2.24, 2.45) is 0 Å². The molecule has 7 nitrogen and oxygen atoms in total. The van der Waals surface area contributed by atoms with Crippen molar-refractivity contribution in [1.29, 1.82) is 0 Å². The van der Waals surface area contributed by atoms with Crippen molar-refractivity contribution in [3.8, 4) is 5.75 Å². The number of thioether (sulfide) groups is 1. The molecule has 0 aliphatic rings. The highest BCUT2D eigenvalue weighted by Gasteiger charge is 2.20. The van der Waals surface area contributed by atoms with Gasteiger partial charge >= 0.3 is 0 Å². The molecule has 0 radical (unpaired) electrons. The van der Waals surface area contributed by atoms with Crippen LogP contribution >= 0.6 is 23.4 Å². The maximum absolute atomic E-state index is 5.89. The third kappa shape index (κ3) is 4.44. The van der Waals surface area contributed by atoms with Gasteiger partial charge in [-0.1, -0.05) is 34.6 Å². The Kier molecular flexibility index (Phi) is 5.95. The number of rotatable bonds is 8. The normalized spacial score (nSPS) is 12.1. The molecule has 9 heteroatoms. The molecule has 26 heavy (non-hydrogen) atoms. The maximum atomic E-state index is 5.89. The number of ether oxygens (including phenoxy) is 1. The predicted molar refractivity (Wildman–Crippen MR) is 99.3 cm³/mol. The Morgan fingerprint density at radius 1 is 1.35 bits per heavy atom. The SMILES string of the molecule is C=CCn1c(COc2ccc(Cl)cc2)nnc1SC(C)c1nc(C)no1. The zero-order valence-corrected chi connectivity index (χ0v) is 16.0. The van der Waals surface area contributed by atoms with Crippen LogP contribution in [0.5, 0.6) is 5.75 Å². The largest absolute Gasteiger partial charge is 0.486 e. The van der Waals surface area contributed by atoms with E-state index in [1.54, 1.807) is 25.1 Å². The average molecular weight is 392 g/mol. The molecule has 0 amide bonds. The van der Waals surface area contributed by atoms with Crippen molar-refractivity contribution in [2.45, 2.75) is 37.4 Å². The van der Waals surface area contributed by atoms with Gasteiger partial charge in [-0.25, -0.2) is 0 Å². The summed E-state index contributed by atoms with van der Waals surface area (Å²) in [6, 6.07) is 7.18. The Bertz CT molecular complexity index is 878.